The molecule has 0 aliphatic rings. The summed E-state index contributed by atoms with van der Waals surface area (Å²) in [6, 6.07) is 14.3. The molecule has 82 valence electrons. The Balaban J connectivity index is 2.00. The molecule has 0 aliphatic heterocycles. The number of hydrogen-bond acceptors (Lipinski definition) is 1. The normalized spacial score (nSPS) is 11.3. The summed E-state index contributed by atoms with van der Waals surface area (Å²) < 4.78 is 2.07. The number of rotatable bonds is 2. The van der Waals surface area contributed by atoms with Crippen molar-refractivity contribution >= 4 is 17.7 Å². The average molecular weight is 220 g/mol. The second-order valence-electron chi connectivity index (χ2n) is 3.86. The lowest BCUT2D eigenvalue weighted by atomic mass is 10.2. The molecular formula is C15H12N2. The Morgan fingerprint density at radius 1 is 0.882 bits per heavy atom. The molecule has 0 atom stereocenters. The molecule has 3 rings (SSSR count). The monoisotopic (exact) mass is 220 g/mol. The molecule has 2 heterocycles. The molecule has 0 N–H and O–H groups in total. The molecule has 3 aromatic rings. The lowest BCUT2D eigenvalue weighted by molar-refractivity contribution is 1.13. The van der Waals surface area contributed by atoms with Crippen molar-refractivity contribution in [3.05, 3.63) is 72.3 Å². The number of aromatic nitrogens is 2. The summed E-state index contributed by atoms with van der Waals surface area (Å²) in [5.41, 5.74) is 3.30. The summed E-state index contributed by atoms with van der Waals surface area (Å²) in [5, 5.41) is 0. The smallest absolute Gasteiger partial charge is 0.0870 e. The summed E-state index contributed by atoms with van der Waals surface area (Å²) in [5.74, 6) is 0. The maximum Gasteiger partial charge on any atom is 0.0870 e. The van der Waals surface area contributed by atoms with Gasteiger partial charge in [-0.1, -0.05) is 36.4 Å². The van der Waals surface area contributed by atoms with Crippen molar-refractivity contribution in [1.29, 1.82) is 0 Å². The minimum atomic E-state index is 0.987. The molecule has 0 radical (unpaired) electrons. The Labute approximate surface area is 99.9 Å². The number of fused-ring (bicyclic) bond motifs is 1. The van der Waals surface area contributed by atoms with Crippen LogP contribution in [0.4, 0.5) is 0 Å². The first-order chi connectivity index (χ1) is 8.43. The summed E-state index contributed by atoms with van der Waals surface area (Å²) >= 11 is 0. The van der Waals surface area contributed by atoms with E-state index in [1.165, 1.54) is 5.56 Å². The van der Waals surface area contributed by atoms with Crippen LogP contribution in [-0.2, 0) is 0 Å². The van der Waals surface area contributed by atoms with E-state index in [9.17, 15) is 0 Å². The van der Waals surface area contributed by atoms with Gasteiger partial charge in [0, 0.05) is 18.6 Å². The van der Waals surface area contributed by atoms with Gasteiger partial charge in [-0.05, 0) is 23.8 Å². The van der Waals surface area contributed by atoms with Gasteiger partial charge in [0.2, 0.25) is 0 Å². The van der Waals surface area contributed by atoms with Crippen LogP contribution in [0, 0.1) is 0 Å². The first-order valence-corrected chi connectivity index (χ1v) is 5.58. The van der Waals surface area contributed by atoms with E-state index in [1.54, 1.807) is 0 Å². The van der Waals surface area contributed by atoms with Gasteiger partial charge in [0.15, 0.2) is 0 Å². The Morgan fingerprint density at radius 2 is 1.76 bits per heavy atom. The molecule has 2 nitrogen and oxygen atoms in total. The summed E-state index contributed by atoms with van der Waals surface area (Å²) in [4.78, 5) is 4.39. The van der Waals surface area contributed by atoms with Crippen LogP contribution in [0.15, 0.2) is 61.1 Å². The van der Waals surface area contributed by atoms with Gasteiger partial charge in [-0.2, -0.15) is 0 Å². The number of benzene rings is 1. The van der Waals surface area contributed by atoms with Crippen molar-refractivity contribution in [3.8, 4) is 0 Å². The van der Waals surface area contributed by atoms with Crippen molar-refractivity contribution in [2.75, 3.05) is 0 Å². The molecule has 0 bridgehead atoms. The van der Waals surface area contributed by atoms with E-state index in [2.05, 4.69) is 33.7 Å². The first kappa shape index (κ1) is 9.85. The predicted octanol–water partition coefficient (Wildman–Crippen LogP) is 3.50. The van der Waals surface area contributed by atoms with Gasteiger partial charge in [0.05, 0.1) is 11.2 Å². The van der Waals surface area contributed by atoms with E-state index in [0.717, 1.165) is 11.2 Å². The van der Waals surface area contributed by atoms with Gasteiger partial charge >= 0.3 is 0 Å². The summed E-state index contributed by atoms with van der Waals surface area (Å²) in [6.07, 6.45) is 9.92. The highest BCUT2D eigenvalue weighted by atomic mass is 14.9. The largest absolute Gasteiger partial charge is 0.320 e. The Kier molecular flexibility index (Phi) is 2.47. The Bertz CT molecular complexity index is 651. The van der Waals surface area contributed by atoms with Crippen LogP contribution in [-0.4, -0.2) is 9.38 Å². The fourth-order valence-electron chi connectivity index (χ4n) is 1.86. The highest BCUT2D eigenvalue weighted by molar-refractivity contribution is 5.75. The van der Waals surface area contributed by atoms with E-state index in [4.69, 9.17) is 0 Å². The van der Waals surface area contributed by atoms with Gasteiger partial charge in [-0.3, -0.25) is 4.98 Å². The standard InChI is InChI=1S/C15H12N2/c1-2-5-13(6-3-1)8-9-14-15-7-4-11-17(15)12-10-16-14/h1-12H/b9-8+. The van der Waals surface area contributed by atoms with Gasteiger partial charge in [-0.25, -0.2) is 0 Å². The zero-order valence-corrected chi connectivity index (χ0v) is 9.32. The lowest BCUT2D eigenvalue weighted by Crippen LogP contribution is -1.87. The van der Waals surface area contributed by atoms with Crippen molar-refractivity contribution in [2.24, 2.45) is 0 Å². The third kappa shape index (κ3) is 1.97. The van der Waals surface area contributed by atoms with E-state index < -0.39 is 0 Å². The van der Waals surface area contributed by atoms with Gasteiger partial charge in [0.1, 0.15) is 0 Å². The zero-order valence-electron chi connectivity index (χ0n) is 9.32. The van der Waals surface area contributed by atoms with E-state index >= 15 is 0 Å². The molecule has 0 spiro atoms. The van der Waals surface area contributed by atoms with E-state index in [-0.39, 0.29) is 0 Å². The molecule has 2 aromatic heterocycles. The molecule has 0 saturated heterocycles. The van der Waals surface area contributed by atoms with Gasteiger partial charge in [-0.15, -0.1) is 0 Å². The molecule has 0 saturated carbocycles. The first-order valence-electron chi connectivity index (χ1n) is 5.58. The fraction of sp³-hybridized carbons (Fsp3) is 0. The molecule has 0 unspecified atom stereocenters. The van der Waals surface area contributed by atoms with Crippen LogP contribution in [0.2, 0.25) is 0 Å². The second-order valence-corrected chi connectivity index (χ2v) is 3.86. The van der Waals surface area contributed by atoms with Crippen LogP contribution in [0.25, 0.3) is 17.7 Å². The minimum absolute atomic E-state index is 0.987. The summed E-state index contributed by atoms with van der Waals surface area (Å²) in [7, 11) is 0. The highest BCUT2D eigenvalue weighted by Gasteiger charge is 1.97. The predicted molar refractivity (Wildman–Crippen MR) is 70.6 cm³/mol. The molecule has 17 heavy (non-hydrogen) atoms. The molecule has 2 heteroatoms. The third-order valence-electron chi connectivity index (χ3n) is 2.72. The van der Waals surface area contributed by atoms with Crippen molar-refractivity contribution in [2.45, 2.75) is 0 Å². The second kappa shape index (κ2) is 4.26. The van der Waals surface area contributed by atoms with Crippen molar-refractivity contribution in [3.63, 3.8) is 0 Å². The molecule has 0 amide bonds. The molecule has 0 fully saturated rings. The maximum atomic E-state index is 4.39. The number of hydrogen-bond donors (Lipinski definition) is 0. The van der Waals surface area contributed by atoms with Gasteiger partial charge < -0.3 is 4.40 Å². The summed E-state index contributed by atoms with van der Waals surface area (Å²) in [6.45, 7) is 0. The quantitative estimate of drug-likeness (QED) is 0.646. The van der Waals surface area contributed by atoms with Gasteiger partial charge in [0.25, 0.3) is 0 Å². The molecule has 0 aliphatic carbocycles. The van der Waals surface area contributed by atoms with Crippen LogP contribution in [0.5, 0.6) is 0 Å². The number of nitrogens with zero attached hydrogens (tertiary/aromatic N) is 2. The fourth-order valence-corrected chi connectivity index (χ4v) is 1.86. The van der Waals surface area contributed by atoms with E-state index in [0.29, 0.717) is 0 Å². The van der Waals surface area contributed by atoms with Crippen LogP contribution in [0.1, 0.15) is 11.3 Å². The maximum absolute atomic E-state index is 4.39. The topological polar surface area (TPSA) is 17.3 Å². The Hall–Kier alpha value is -2.35. The minimum Gasteiger partial charge on any atom is -0.320 e. The van der Waals surface area contributed by atoms with Crippen LogP contribution >= 0.6 is 0 Å². The Morgan fingerprint density at radius 3 is 2.65 bits per heavy atom. The highest BCUT2D eigenvalue weighted by Crippen LogP contribution is 2.12. The molecular weight excluding hydrogens is 208 g/mol. The van der Waals surface area contributed by atoms with Crippen LogP contribution in [0.3, 0.4) is 0 Å². The van der Waals surface area contributed by atoms with Crippen molar-refractivity contribution < 1.29 is 0 Å². The SMILES string of the molecule is C(=C\c1nccn2cccc12)/c1ccccc1. The lowest BCUT2D eigenvalue weighted by Gasteiger charge is -1.98. The van der Waals surface area contributed by atoms with Crippen molar-refractivity contribution in [1.82, 2.24) is 9.38 Å². The van der Waals surface area contributed by atoms with Crippen LogP contribution < -0.4 is 0 Å². The molecule has 1 aromatic carbocycles. The average Bonchev–Trinajstić information content (AvgIpc) is 2.86. The zero-order chi connectivity index (χ0) is 11.5. The van der Waals surface area contributed by atoms with E-state index in [1.807, 2.05) is 48.9 Å². The third-order valence-corrected chi connectivity index (χ3v) is 2.72.